The number of nitrogens with one attached hydrogen (secondary N) is 1. The maximum atomic E-state index is 13.7. The van der Waals surface area contributed by atoms with E-state index in [4.69, 9.17) is 0 Å². The molecule has 3 aromatic rings. The van der Waals surface area contributed by atoms with Crippen molar-refractivity contribution in [3.05, 3.63) is 100 Å². The topological polar surface area (TPSA) is 86.8 Å². The van der Waals surface area contributed by atoms with Gasteiger partial charge in [0.05, 0.1) is 11.4 Å². The van der Waals surface area contributed by atoms with Crippen LogP contribution in [-0.2, 0) is 32.6 Å². The molecule has 0 unspecified atom stereocenters. The molecule has 0 bridgehead atoms. The van der Waals surface area contributed by atoms with Crippen molar-refractivity contribution in [1.82, 2.24) is 14.5 Å². The maximum absolute atomic E-state index is 13.7. The molecule has 3 rings (SSSR count). The van der Waals surface area contributed by atoms with Gasteiger partial charge in [-0.3, -0.25) is 9.59 Å². The molecule has 0 radical (unpaired) electrons. The summed E-state index contributed by atoms with van der Waals surface area (Å²) in [4.78, 5) is 28.2. The largest absolute Gasteiger partial charge is 0.357 e. The molecular formula is C27H30BrN3O4S. The fourth-order valence-corrected chi connectivity index (χ4v) is 5.38. The van der Waals surface area contributed by atoms with Crippen LogP contribution in [-0.4, -0.2) is 56.1 Å². The molecule has 9 heteroatoms. The third kappa shape index (κ3) is 7.02. The van der Waals surface area contributed by atoms with Gasteiger partial charge in [-0.05, 0) is 42.3 Å². The first-order valence-corrected chi connectivity index (χ1v) is 13.7. The van der Waals surface area contributed by atoms with Crippen molar-refractivity contribution >= 4 is 37.8 Å². The molecule has 1 atom stereocenters. The maximum Gasteiger partial charge on any atom is 0.243 e. The van der Waals surface area contributed by atoms with Crippen LogP contribution in [0.2, 0.25) is 0 Å². The van der Waals surface area contributed by atoms with E-state index in [1.807, 2.05) is 61.5 Å². The van der Waals surface area contributed by atoms with E-state index in [-0.39, 0.29) is 23.8 Å². The van der Waals surface area contributed by atoms with Gasteiger partial charge in [-0.25, -0.2) is 8.42 Å². The second-order valence-corrected chi connectivity index (χ2v) is 11.5. The van der Waals surface area contributed by atoms with Gasteiger partial charge in [0.1, 0.15) is 6.04 Å². The number of hydrogen-bond acceptors (Lipinski definition) is 4. The molecule has 3 aromatic carbocycles. The number of halogens is 1. The van der Waals surface area contributed by atoms with Gasteiger partial charge in [-0.1, -0.05) is 76.1 Å². The van der Waals surface area contributed by atoms with E-state index in [1.54, 1.807) is 12.1 Å². The van der Waals surface area contributed by atoms with Gasteiger partial charge in [0.15, 0.2) is 0 Å². The summed E-state index contributed by atoms with van der Waals surface area (Å²) in [6.07, 6.45) is 0.286. The standard InChI is InChI=1S/C27H30BrN3O4S/c1-20-12-14-24(15-13-20)36(34,35)30(3)19-26(32)31(18-22-10-7-11-23(28)16-22)25(27(33)29-2)17-21-8-5-4-6-9-21/h4-16,25H,17-19H2,1-3H3,(H,29,33)/t25-/m1/s1. The highest BCUT2D eigenvalue weighted by Crippen LogP contribution is 2.20. The molecular weight excluding hydrogens is 542 g/mol. The lowest BCUT2D eigenvalue weighted by atomic mass is 10.0. The van der Waals surface area contributed by atoms with E-state index in [0.29, 0.717) is 0 Å². The number of sulfonamides is 1. The average Bonchev–Trinajstić information content (AvgIpc) is 2.86. The van der Waals surface area contributed by atoms with Crippen molar-refractivity contribution in [1.29, 1.82) is 0 Å². The fraction of sp³-hybridized carbons (Fsp3) is 0.259. The molecule has 0 heterocycles. The number of rotatable bonds is 10. The van der Waals surface area contributed by atoms with Crippen molar-refractivity contribution < 1.29 is 18.0 Å². The molecule has 2 amide bonds. The van der Waals surface area contributed by atoms with Crippen molar-refractivity contribution in [2.75, 3.05) is 20.6 Å². The zero-order valence-electron chi connectivity index (χ0n) is 20.5. The summed E-state index contributed by atoms with van der Waals surface area (Å²) in [6.45, 7) is 1.60. The molecule has 0 spiro atoms. The van der Waals surface area contributed by atoms with Gasteiger partial charge in [0.2, 0.25) is 21.8 Å². The number of carbonyl (C=O) groups excluding carboxylic acids is 2. The van der Waals surface area contributed by atoms with Crippen LogP contribution in [0.25, 0.3) is 0 Å². The Kier molecular flexibility index (Phi) is 9.42. The lowest BCUT2D eigenvalue weighted by Gasteiger charge is -2.32. The lowest BCUT2D eigenvalue weighted by molar-refractivity contribution is -0.141. The highest BCUT2D eigenvalue weighted by Gasteiger charge is 2.32. The number of carbonyl (C=O) groups is 2. The summed E-state index contributed by atoms with van der Waals surface area (Å²) in [7, 11) is -1.00. The number of benzene rings is 3. The predicted molar refractivity (Wildman–Crippen MR) is 144 cm³/mol. The van der Waals surface area contributed by atoms with Crippen LogP contribution in [0.1, 0.15) is 16.7 Å². The van der Waals surface area contributed by atoms with Crippen LogP contribution in [0.3, 0.4) is 0 Å². The van der Waals surface area contributed by atoms with E-state index in [9.17, 15) is 18.0 Å². The van der Waals surface area contributed by atoms with Crippen molar-refractivity contribution in [2.24, 2.45) is 0 Å². The Bertz CT molecular complexity index is 1300. The molecule has 1 N–H and O–H groups in total. The number of nitrogens with zero attached hydrogens (tertiary/aromatic N) is 2. The van der Waals surface area contributed by atoms with Crippen molar-refractivity contribution in [3.63, 3.8) is 0 Å². The second-order valence-electron chi connectivity index (χ2n) is 8.55. The molecule has 0 saturated heterocycles. The first-order chi connectivity index (χ1) is 17.1. The summed E-state index contributed by atoms with van der Waals surface area (Å²) in [6, 6.07) is 22.5. The Labute approximate surface area is 221 Å². The summed E-state index contributed by atoms with van der Waals surface area (Å²) >= 11 is 3.45. The van der Waals surface area contributed by atoms with Crippen LogP contribution < -0.4 is 5.32 Å². The van der Waals surface area contributed by atoms with Crippen LogP contribution in [0.5, 0.6) is 0 Å². The van der Waals surface area contributed by atoms with Gasteiger partial charge in [-0.2, -0.15) is 4.31 Å². The number of aryl methyl sites for hydroxylation is 1. The first kappa shape index (κ1) is 27.6. The zero-order chi connectivity index (χ0) is 26.3. The van der Waals surface area contributed by atoms with E-state index in [2.05, 4.69) is 21.2 Å². The Morgan fingerprint density at radius 2 is 1.58 bits per heavy atom. The van der Waals surface area contributed by atoms with Gasteiger partial charge in [-0.15, -0.1) is 0 Å². The summed E-state index contributed by atoms with van der Waals surface area (Å²) in [5, 5.41) is 2.66. The van der Waals surface area contributed by atoms with Crippen LogP contribution in [0.4, 0.5) is 0 Å². The van der Waals surface area contributed by atoms with E-state index in [0.717, 1.165) is 25.5 Å². The Hall–Kier alpha value is -3.01. The Morgan fingerprint density at radius 1 is 0.944 bits per heavy atom. The number of likely N-dealkylation sites (N-methyl/N-ethyl adjacent to an activating group) is 2. The van der Waals surface area contributed by atoms with Gasteiger partial charge < -0.3 is 10.2 Å². The van der Waals surface area contributed by atoms with Gasteiger partial charge >= 0.3 is 0 Å². The van der Waals surface area contributed by atoms with Crippen LogP contribution >= 0.6 is 15.9 Å². The highest BCUT2D eigenvalue weighted by atomic mass is 79.9. The van der Waals surface area contributed by atoms with E-state index < -0.39 is 28.5 Å². The van der Waals surface area contributed by atoms with Crippen molar-refractivity contribution in [3.8, 4) is 0 Å². The van der Waals surface area contributed by atoms with Gasteiger partial charge in [0, 0.05) is 31.5 Å². The summed E-state index contributed by atoms with van der Waals surface area (Å²) < 4.78 is 28.1. The number of amides is 2. The normalized spacial score (nSPS) is 12.2. The molecule has 0 fully saturated rings. The summed E-state index contributed by atoms with van der Waals surface area (Å²) in [5.41, 5.74) is 2.63. The zero-order valence-corrected chi connectivity index (χ0v) is 22.9. The minimum atomic E-state index is -3.90. The van der Waals surface area contributed by atoms with Crippen LogP contribution in [0, 0.1) is 6.92 Å². The molecule has 7 nitrogen and oxygen atoms in total. The second kappa shape index (κ2) is 12.3. The van der Waals surface area contributed by atoms with E-state index >= 15 is 0 Å². The highest BCUT2D eigenvalue weighted by molar-refractivity contribution is 9.10. The predicted octanol–water partition coefficient (Wildman–Crippen LogP) is 3.76. The Balaban J connectivity index is 1.94. The quantitative estimate of drug-likeness (QED) is 0.401. The monoisotopic (exact) mass is 571 g/mol. The molecule has 0 aliphatic carbocycles. The fourth-order valence-electron chi connectivity index (χ4n) is 3.81. The summed E-state index contributed by atoms with van der Waals surface area (Å²) in [5.74, 6) is -0.802. The van der Waals surface area contributed by atoms with Crippen molar-refractivity contribution in [2.45, 2.75) is 30.8 Å². The molecule has 36 heavy (non-hydrogen) atoms. The first-order valence-electron chi connectivity index (χ1n) is 11.4. The smallest absolute Gasteiger partial charge is 0.243 e. The minimum absolute atomic E-state index is 0.106. The molecule has 0 aliphatic rings. The molecule has 0 aromatic heterocycles. The third-order valence-electron chi connectivity index (χ3n) is 5.85. The third-order valence-corrected chi connectivity index (χ3v) is 8.16. The molecule has 190 valence electrons. The van der Waals surface area contributed by atoms with Crippen LogP contribution in [0.15, 0.2) is 88.2 Å². The minimum Gasteiger partial charge on any atom is -0.357 e. The molecule has 0 aliphatic heterocycles. The molecule has 0 saturated carbocycles. The average molecular weight is 573 g/mol. The SMILES string of the molecule is CNC(=O)[C@@H](Cc1ccccc1)N(Cc1cccc(Br)c1)C(=O)CN(C)S(=O)(=O)c1ccc(C)cc1. The van der Waals surface area contributed by atoms with Gasteiger partial charge in [0.25, 0.3) is 0 Å². The lowest BCUT2D eigenvalue weighted by Crippen LogP contribution is -2.52. The Morgan fingerprint density at radius 3 is 2.19 bits per heavy atom. The van der Waals surface area contributed by atoms with E-state index in [1.165, 1.54) is 31.1 Å². The number of hydrogen-bond donors (Lipinski definition) is 1.